The normalized spacial score (nSPS) is 24.4. The minimum Gasteiger partial charge on any atom is -0.377 e. The summed E-state index contributed by atoms with van der Waals surface area (Å²) in [6.07, 6.45) is 1.75. The largest absolute Gasteiger partial charge is 0.377 e. The van der Waals surface area contributed by atoms with Crippen molar-refractivity contribution in [1.82, 2.24) is 9.80 Å². The van der Waals surface area contributed by atoms with Crippen LogP contribution in [0, 0.1) is 0 Å². The molecule has 1 rings (SSSR count). The number of nitrogens with zero attached hydrogens (tertiary/aromatic N) is 2. The Balaban J connectivity index is 2.51. The number of morpholine rings is 1. The van der Waals surface area contributed by atoms with E-state index in [-0.39, 0.29) is 0 Å². The molecule has 3 heteroatoms. The fourth-order valence-corrected chi connectivity index (χ4v) is 2.15. The summed E-state index contributed by atoms with van der Waals surface area (Å²) in [4.78, 5) is 5.03. The van der Waals surface area contributed by atoms with Crippen LogP contribution in [0.1, 0.15) is 27.2 Å². The van der Waals surface area contributed by atoms with Crippen LogP contribution in [0.25, 0.3) is 0 Å². The van der Waals surface area contributed by atoms with E-state index in [1.165, 1.54) is 13.0 Å². The van der Waals surface area contributed by atoms with Crippen molar-refractivity contribution in [3.8, 4) is 0 Å². The highest BCUT2D eigenvalue weighted by Gasteiger charge is 2.25. The van der Waals surface area contributed by atoms with Crippen molar-refractivity contribution in [3.05, 3.63) is 0 Å². The van der Waals surface area contributed by atoms with E-state index < -0.39 is 0 Å². The van der Waals surface area contributed by atoms with Crippen LogP contribution in [-0.4, -0.2) is 55.4 Å². The molecule has 3 nitrogen and oxygen atoms in total. The lowest BCUT2D eigenvalue weighted by Crippen LogP contribution is -2.55. The van der Waals surface area contributed by atoms with Crippen LogP contribution < -0.4 is 0 Å². The molecule has 1 fully saturated rings. The van der Waals surface area contributed by atoms with Crippen molar-refractivity contribution in [3.63, 3.8) is 0 Å². The molecule has 0 spiro atoms. The van der Waals surface area contributed by atoms with Crippen LogP contribution >= 0.6 is 0 Å². The molecule has 0 saturated carbocycles. The second kappa shape index (κ2) is 6.38. The topological polar surface area (TPSA) is 15.7 Å². The first kappa shape index (κ1) is 12.0. The number of likely N-dealkylation sites (N-methyl/N-ethyl adjacent to an activating group) is 1. The van der Waals surface area contributed by atoms with Gasteiger partial charge in [-0.25, -0.2) is 0 Å². The second-order valence-electron chi connectivity index (χ2n) is 3.81. The van der Waals surface area contributed by atoms with Gasteiger partial charge in [-0.05, 0) is 26.1 Å². The minimum atomic E-state index is 0.513. The Labute approximate surface area is 88.0 Å². The Bertz CT molecular complexity index is 146. The van der Waals surface area contributed by atoms with E-state index in [4.69, 9.17) is 4.74 Å². The van der Waals surface area contributed by atoms with Crippen LogP contribution in [0.5, 0.6) is 0 Å². The van der Waals surface area contributed by atoms with Crippen LogP contribution in [0.3, 0.4) is 0 Å². The Morgan fingerprint density at radius 3 is 2.57 bits per heavy atom. The Morgan fingerprint density at radius 1 is 1.29 bits per heavy atom. The zero-order valence-electron chi connectivity index (χ0n) is 9.83. The second-order valence-corrected chi connectivity index (χ2v) is 3.81. The van der Waals surface area contributed by atoms with Gasteiger partial charge in [0.15, 0.2) is 0 Å². The number of hydrogen-bond donors (Lipinski definition) is 0. The first-order chi connectivity index (χ1) is 6.83. The van der Waals surface area contributed by atoms with Gasteiger partial charge < -0.3 is 4.74 Å². The van der Waals surface area contributed by atoms with E-state index in [1.54, 1.807) is 0 Å². The van der Waals surface area contributed by atoms with Crippen molar-refractivity contribution in [2.24, 2.45) is 0 Å². The van der Waals surface area contributed by atoms with Gasteiger partial charge in [-0.1, -0.05) is 20.8 Å². The van der Waals surface area contributed by atoms with E-state index in [1.807, 2.05) is 0 Å². The molecule has 1 aliphatic heterocycles. The minimum absolute atomic E-state index is 0.513. The van der Waals surface area contributed by atoms with Crippen LogP contribution in [0.4, 0.5) is 0 Å². The molecule has 84 valence electrons. The van der Waals surface area contributed by atoms with Gasteiger partial charge >= 0.3 is 0 Å². The third kappa shape index (κ3) is 2.94. The average molecular weight is 200 g/mol. The van der Waals surface area contributed by atoms with Crippen LogP contribution in [0.15, 0.2) is 0 Å². The average Bonchev–Trinajstić information content (AvgIpc) is 2.23. The first-order valence-corrected chi connectivity index (χ1v) is 5.89. The quantitative estimate of drug-likeness (QED) is 0.667. The lowest BCUT2D eigenvalue weighted by atomic mass is 10.3. The lowest BCUT2D eigenvalue weighted by molar-refractivity contribution is -0.0729. The Hall–Kier alpha value is -0.120. The summed E-state index contributed by atoms with van der Waals surface area (Å²) in [6, 6.07) is 0. The van der Waals surface area contributed by atoms with Gasteiger partial charge in [0, 0.05) is 6.54 Å². The van der Waals surface area contributed by atoms with E-state index in [2.05, 4.69) is 30.6 Å². The van der Waals surface area contributed by atoms with Gasteiger partial charge in [0.1, 0.15) is 0 Å². The van der Waals surface area contributed by atoms with Crippen molar-refractivity contribution in [2.45, 2.75) is 33.4 Å². The van der Waals surface area contributed by atoms with E-state index in [0.717, 1.165) is 32.8 Å². The van der Waals surface area contributed by atoms with Crippen LogP contribution in [-0.2, 0) is 4.74 Å². The van der Waals surface area contributed by atoms with Crippen molar-refractivity contribution >= 4 is 0 Å². The summed E-state index contributed by atoms with van der Waals surface area (Å²) in [5, 5.41) is 0. The summed E-state index contributed by atoms with van der Waals surface area (Å²) >= 11 is 0. The molecule has 1 aliphatic rings. The maximum absolute atomic E-state index is 5.56. The molecule has 1 saturated heterocycles. The van der Waals surface area contributed by atoms with E-state index in [0.29, 0.717) is 6.17 Å². The molecule has 0 amide bonds. The SMILES string of the molecule is CCCN1CCOCC1N(CC)CC. The maximum atomic E-state index is 5.56. The molecule has 14 heavy (non-hydrogen) atoms. The highest BCUT2D eigenvalue weighted by atomic mass is 16.5. The molecule has 0 bridgehead atoms. The summed E-state index contributed by atoms with van der Waals surface area (Å²) in [6.45, 7) is 13.0. The molecule has 0 aliphatic carbocycles. The monoisotopic (exact) mass is 200 g/mol. The molecular weight excluding hydrogens is 176 g/mol. The molecule has 0 aromatic heterocycles. The Morgan fingerprint density at radius 2 is 2.00 bits per heavy atom. The van der Waals surface area contributed by atoms with Gasteiger partial charge in [-0.15, -0.1) is 0 Å². The molecule has 1 heterocycles. The predicted octanol–water partition coefficient (Wildman–Crippen LogP) is 1.40. The molecule has 0 aromatic carbocycles. The summed E-state index contributed by atoms with van der Waals surface area (Å²) < 4.78 is 5.56. The van der Waals surface area contributed by atoms with E-state index >= 15 is 0 Å². The van der Waals surface area contributed by atoms with Crippen LogP contribution in [0.2, 0.25) is 0 Å². The molecule has 1 atom stereocenters. The zero-order valence-corrected chi connectivity index (χ0v) is 9.83. The molecule has 0 N–H and O–H groups in total. The summed E-state index contributed by atoms with van der Waals surface area (Å²) in [7, 11) is 0. The zero-order chi connectivity index (χ0) is 10.4. The standard InChI is InChI=1S/C11H24N2O/c1-4-7-13-8-9-14-10-11(13)12(5-2)6-3/h11H,4-10H2,1-3H3. The first-order valence-electron chi connectivity index (χ1n) is 5.89. The molecule has 0 radical (unpaired) electrons. The number of hydrogen-bond acceptors (Lipinski definition) is 3. The van der Waals surface area contributed by atoms with Crippen molar-refractivity contribution < 1.29 is 4.74 Å². The van der Waals surface area contributed by atoms with Gasteiger partial charge in [-0.2, -0.15) is 0 Å². The summed E-state index contributed by atoms with van der Waals surface area (Å²) in [5.74, 6) is 0. The fraction of sp³-hybridized carbons (Fsp3) is 1.00. The lowest BCUT2D eigenvalue weighted by Gasteiger charge is -2.41. The smallest absolute Gasteiger partial charge is 0.0864 e. The van der Waals surface area contributed by atoms with Crippen molar-refractivity contribution in [2.75, 3.05) is 39.4 Å². The highest BCUT2D eigenvalue weighted by molar-refractivity contribution is 4.75. The molecule has 1 unspecified atom stereocenters. The van der Waals surface area contributed by atoms with E-state index in [9.17, 15) is 0 Å². The molecular formula is C11H24N2O. The summed E-state index contributed by atoms with van der Waals surface area (Å²) in [5.41, 5.74) is 0. The fourth-order valence-electron chi connectivity index (χ4n) is 2.15. The Kier molecular flexibility index (Phi) is 5.45. The highest BCUT2D eigenvalue weighted by Crippen LogP contribution is 2.11. The maximum Gasteiger partial charge on any atom is 0.0864 e. The third-order valence-corrected chi connectivity index (χ3v) is 2.96. The number of rotatable bonds is 5. The van der Waals surface area contributed by atoms with Gasteiger partial charge in [0.2, 0.25) is 0 Å². The molecule has 0 aromatic rings. The van der Waals surface area contributed by atoms with Gasteiger partial charge in [0.05, 0.1) is 19.4 Å². The van der Waals surface area contributed by atoms with Gasteiger partial charge in [0.25, 0.3) is 0 Å². The van der Waals surface area contributed by atoms with Gasteiger partial charge in [-0.3, -0.25) is 9.80 Å². The predicted molar refractivity (Wildman–Crippen MR) is 59.4 cm³/mol. The third-order valence-electron chi connectivity index (χ3n) is 2.96. The number of ether oxygens (including phenoxy) is 1. The van der Waals surface area contributed by atoms with Crippen molar-refractivity contribution in [1.29, 1.82) is 0 Å².